The number of aromatic nitrogens is 1. The minimum Gasteiger partial charge on any atom is -0.451 e. The van der Waals surface area contributed by atoms with Crippen molar-refractivity contribution in [2.24, 2.45) is 0 Å². The van der Waals surface area contributed by atoms with E-state index in [-0.39, 0.29) is 11.1 Å². The Balaban J connectivity index is 1.87. The van der Waals surface area contributed by atoms with Crippen LogP contribution in [0.15, 0.2) is 84.9 Å². The quantitative estimate of drug-likeness (QED) is 0.183. The number of benzene rings is 5. The minimum atomic E-state index is -3.06. The molecule has 7 rings (SSSR count). The third-order valence-corrected chi connectivity index (χ3v) is 7.21. The van der Waals surface area contributed by atoms with Crippen molar-refractivity contribution in [1.29, 1.82) is 0 Å². The molecular formula is C27H14AlF2N. The third-order valence-electron chi connectivity index (χ3n) is 6.67. The van der Waals surface area contributed by atoms with Crippen molar-refractivity contribution in [3.05, 3.63) is 96.1 Å². The summed E-state index contributed by atoms with van der Waals surface area (Å²) >= 11 is 2.66. The topological polar surface area (TPSA) is 4.93 Å². The molecule has 0 N–H and O–H groups in total. The first-order valence-corrected chi connectivity index (χ1v) is 10.7. The van der Waals surface area contributed by atoms with E-state index in [0.29, 0.717) is 16.6 Å². The molecule has 31 heavy (non-hydrogen) atoms. The van der Waals surface area contributed by atoms with Gasteiger partial charge < -0.3 is 3.55 Å². The van der Waals surface area contributed by atoms with E-state index in [1.165, 1.54) is 0 Å². The lowest BCUT2D eigenvalue weighted by Crippen LogP contribution is -2.13. The van der Waals surface area contributed by atoms with Gasteiger partial charge in [0, 0.05) is 32.9 Å². The largest absolute Gasteiger partial charge is 0.451 e. The maximum absolute atomic E-state index is 16.0. The zero-order chi connectivity index (χ0) is 20.9. The molecule has 0 spiro atoms. The summed E-state index contributed by atoms with van der Waals surface area (Å²) in [5, 5.41) is 5.93. The Hall–Kier alpha value is -3.19. The molecular weight excluding hydrogens is 403 g/mol. The van der Waals surface area contributed by atoms with E-state index in [9.17, 15) is 0 Å². The first-order valence-electron chi connectivity index (χ1n) is 10.2. The van der Waals surface area contributed by atoms with Crippen LogP contribution in [0.1, 0.15) is 11.1 Å². The smallest absolute Gasteiger partial charge is 0.318 e. The maximum Gasteiger partial charge on any atom is 0.318 e. The molecule has 1 aliphatic carbocycles. The number of rotatable bonds is 0. The summed E-state index contributed by atoms with van der Waals surface area (Å²) in [6.07, 6.45) is 0. The van der Waals surface area contributed by atoms with E-state index in [4.69, 9.17) is 0 Å². The molecule has 144 valence electrons. The van der Waals surface area contributed by atoms with Crippen LogP contribution in [0.4, 0.5) is 8.78 Å². The van der Waals surface area contributed by atoms with Gasteiger partial charge in [0.1, 0.15) is 0 Å². The van der Waals surface area contributed by atoms with Crippen LogP contribution in [-0.2, 0) is 5.92 Å². The summed E-state index contributed by atoms with van der Waals surface area (Å²) in [5.74, 6) is -3.06. The molecule has 0 unspecified atom stereocenters. The number of alkyl halides is 2. The lowest BCUT2D eigenvalue weighted by atomic mass is 9.91. The number of halogens is 2. The third kappa shape index (κ3) is 2.05. The van der Waals surface area contributed by atoms with E-state index in [1.54, 1.807) is 12.1 Å². The minimum absolute atomic E-state index is 0.0854. The molecule has 5 aromatic carbocycles. The lowest BCUT2D eigenvalue weighted by Gasteiger charge is -2.17. The summed E-state index contributed by atoms with van der Waals surface area (Å²) in [6, 6.07) is 27.2. The fourth-order valence-corrected chi connectivity index (χ4v) is 5.87. The molecule has 6 aromatic rings. The van der Waals surface area contributed by atoms with Gasteiger partial charge >= 0.3 is 22.4 Å². The van der Waals surface area contributed by atoms with Gasteiger partial charge in [0.15, 0.2) is 0 Å². The van der Waals surface area contributed by atoms with Gasteiger partial charge in [0.25, 0.3) is 0 Å². The SMILES string of the molecule is FC1(F)c2ccccc2-c2c1c1c(c3cc4ccccc4cc23)c2ccccc2[n]1[Al]. The van der Waals surface area contributed by atoms with Gasteiger partial charge in [-0.05, 0) is 45.3 Å². The van der Waals surface area contributed by atoms with Gasteiger partial charge in [0.2, 0.25) is 0 Å². The van der Waals surface area contributed by atoms with Crippen LogP contribution >= 0.6 is 0 Å². The number of hydrogen-bond acceptors (Lipinski definition) is 0. The second-order valence-electron chi connectivity index (χ2n) is 8.23. The number of nitrogens with zero attached hydrogens (tertiary/aromatic N) is 1. The van der Waals surface area contributed by atoms with Crippen LogP contribution in [0.2, 0.25) is 0 Å². The van der Waals surface area contributed by atoms with E-state index in [2.05, 4.69) is 34.7 Å². The van der Waals surface area contributed by atoms with Crippen molar-refractivity contribution in [3.63, 3.8) is 0 Å². The van der Waals surface area contributed by atoms with E-state index in [1.807, 2.05) is 58.1 Å². The molecule has 0 aliphatic heterocycles. The average molecular weight is 417 g/mol. The Morgan fingerprint density at radius 2 is 1.35 bits per heavy atom. The van der Waals surface area contributed by atoms with E-state index >= 15 is 8.78 Å². The monoisotopic (exact) mass is 417 g/mol. The molecule has 0 bridgehead atoms. The van der Waals surface area contributed by atoms with Gasteiger partial charge in [-0.25, -0.2) is 0 Å². The van der Waals surface area contributed by atoms with Crippen molar-refractivity contribution >= 4 is 59.9 Å². The van der Waals surface area contributed by atoms with Crippen molar-refractivity contribution in [1.82, 2.24) is 3.55 Å². The second kappa shape index (κ2) is 5.73. The van der Waals surface area contributed by atoms with Crippen molar-refractivity contribution < 1.29 is 8.78 Å². The second-order valence-corrected chi connectivity index (χ2v) is 8.74. The van der Waals surface area contributed by atoms with Crippen LogP contribution < -0.4 is 0 Å². The van der Waals surface area contributed by atoms with Crippen LogP contribution in [0, 0.1) is 0 Å². The van der Waals surface area contributed by atoms with Crippen LogP contribution in [0.5, 0.6) is 0 Å². The Morgan fingerprint density at radius 1 is 0.710 bits per heavy atom. The molecule has 1 aliphatic rings. The predicted octanol–water partition coefficient (Wildman–Crippen LogP) is 7.15. The van der Waals surface area contributed by atoms with Gasteiger partial charge in [-0.2, -0.15) is 8.78 Å². The fraction of sp³-hybridized carbons (Fsp3) is 0.0370. The number of para-hydroxylation sites is 1. The van der Waals surface area contributed by atoms with Gasteiger partial charge in [-0.1, -0.05) is 66.7 Å². The Labute approximate surface area is 185 Å². The summed E-state index contributed by atoms with van der Waals surface area (Å²) in [4.78, 5) is 0. The van der Waals surface area contributed by atoms with E-state index in [0.717, 1.165) is 37.8 Å². The van der Waals surface area contributed by atoms with E-state index < -0.39 is 5.92 Å². The Kier molecular flexibility index (Phi) is 3.24. The van der Waals surface area contributed by atoms with Gasteiger partial charge in [-0.15, -0.1) is 0 Å². The highest BCUT2D eigenvalue weighted by Crippen LogP contribution is 2.57. The van der Waals surface area contributed by atoms with Crippen LogP contribution in [0.25, 0.3) is 54.5 Å². The zero-order valence-corrected chi connectivity index (χ0v) is 17.5. The Bertz CT molecular complexity index is 1730. The van der Waals surface area contributed by atoms with Gasteiger partial charge in [0.05, 0.1) is 5.56 Å². The fourth-order valence-electron chi connectivity index (χ4n) is 5.38. The van der Waals surface area contributed by atoms with Crippen molar-refractivity contribution in [2.75, 3.05) is 0 Å². The zero-order valence-electron chi connectivity index (χ0n) is 16.4. The highest BCUT2D eigenvalue weighted by atomic mass is 27.1. The molecule has 1 aromatic heterocycles. The van der Waals surface area contributed by atoms with Crippen LogP contribution in [-0.4, -0.2) is 20.1 Å². The number of fused-ring (bicyclic) bond motifs is 11. The average Bonchev–Trinajstić information content (AvgIpc) is 3.22. The normalized spacial score (nSPS) is 14.5. The first kappa shape index (κ1) is 17.5. The molecule has 0 amide bonds. The standard InChI is InChI=1S/C27H14F2N.Al/c28-27(29)21-11-5-3-9-17(21)23-19-13-15-7-1-2-8-16(15)14-20(19)24-18-10-4-6-12-22(18)30-26(24)25(23)27;/h1-14H;/q-1;+1. The highest BCUT2D eigenvalue weighted by molar-refractivity contribution is 6.32. The highest BCUT2D eigenvalue weighted by Gasteiger charge is 2.47. The summed E-state index contributed by atoms with van der Waals surface area (Å²) in [6.45, 7) is 0. The molecule has 1 nitrogen and oxygen atoms in total. The summed E-state index contributed by atoms with van der Waals surface area (Å²) in [7, 11) is 0. The van der Waals surface area contributed by atoms with Gasteiger partial charge in [-0.3, -0.25) is 0 Å². The molecule has 0 saturated carbocycles. The maximum atomic E-state index is 16.0. The van der Waals surface area contributed by atoms with Crippen molar-refractivity contribution in [2.45, 2.75) is 5.92 Å². The number of hydrogen-bond donors (Lipinski definition) is 0. The lowest BCUT2D eigenvalue weighted by molar-refractivity contribution is 0.0494. The summed E-state index contributed by atoms with van der Waals surface area (Å²) < 4.78 is 33.8. The molecule has 2 radical (unpaired) electrons. The molecule has 4 heteroatoms. The first-order chi connectivity index (χ1) is 15.1. The molecule has 0 fully saturated rings. The predicted molar refractivity (Wildman–Crippen MR) is 124 cm³/mol. The molecule has 0 atom stereocenters. The Morgan fingerprint density at radius 3 is 2.16 bits per heavy atom. The molecule has 1 heterocycles. The molecule has 0 saturated heterocycles. The van der Waals surface area contributed by atoms with Crippen LogP contribution in [0.3, 0.4) is 0 Å². The van der Waals surface area contributed by atoms with Crippen molar-refractivity contribution in [3.8, 4) is 11.1 Å². The summed E-state index contributed by atoms with van der Waals surface area (Å²) in [5.41, 5.74) is 2.99.